The summed E-state index contributed by atoms with van der Waals surface area (Å²) in [6.07, 6.45) is 17.9. The molecule has 1 saturated carbocycles. The molecule has 1 rings (SSSR count). The number of aliphatic hydroxyl groups is 2. The van der Waals surface area contributed by atoms with Crippen LogP contribution in [0.5, 0.6) is 0 Å². The smallest absolute Gasteiger partial charge is 0.219 e. The van der Waals surface area contributed by atoms with Crippen LogP contribution in [0.4, 0.5) is 0 Å². The second kappa shape index (κ2) is 9.94. The highest BCUT2D eigenvalue weighted by Gasteiger charge is 2.54. The van der Waals surface area contributed by atoms with Crippen molar-refractivity contribution < 1.29 is 14.9 Å². The molecule has 1 fully saturated rings. The summed E-state index contributed by atoms with van der Waals surface area (Å²) in [5.41, 5.74) is -0.891. The minimum atomic E-state index is -1.43. The average molecular weight is 459 g/mol. The Balaban J connectivity index is 2.91. The van der Waals surface area contributed by atoms with E-state index in [1.165, 1.54) is 31.6 Å². The van der Waals surface area contributed by atoms with Gasteiger partial charge in [-0.2, -0.15) is 0 Å². The molecule has 0 spiro atoms. The molecule has 1 aliphatic carbocycles. The molecule has 2 N–H and O–H groups in total. The van der Waals surface area contributed by atoms with Crippen molar-refractivity contribution in [2.75, 3.05) is 36.7 Å². The van der Waals surface area contributed by atoms with Crippen LogP contribution in [0.3, 0.4) is 0 Å². The maximum atomic E-state index is 10.6. The zero-order valence-electron chi connectivity index (χ0n) is 19.5. The highest BCUT2D eigenvalue weighted by molar-refractivity contribution is 7.84. The molecular formula is C22H43BO3P3+. The van der Waals surface area contributed by atoms with Crippen molar-refractivity contribution in [3.8, 4) is 0 Å². The standard InChI is InChI=1S/C22H43BO3P3/c1-11-28(9,12-2)14-15-29(10,13-3)16-27(8)21(5,6)26-18-17(4)19(23)22(7,25)20(18)24/h18-20,24-25H,4,8-16H2,1-3,5-7H3/q+1. The Morgan fingerprint density at radius 3 is 1.97 bits per heavy atom. The van der Waals surface area contributed by atoms with Crippen molar-refractivity contribution in [1.82, 2.24) is 0 Å². The van der Waals surface area contributed by atoms with Gasteiger partial charge in [0.25, 0.3) is 0 Å². The highest BCUT2D eigenvalue weighted by Crippen LogP contribution is 2.59. The molecule has 29 heavy (non-hydrogen) atoms. The maximum absolute atomic E-state index is 10.6. The largest absolute Gasteiger partial charge is 0.388 e. The van der Waals surface area contributed by atoms with Gasteiger partial charge in [-0.1, -0.05) is 40.5 Å². The van der Waals surface area contributed by atoms with Crippen LogP contribution in [0.15, 0.2) is 12.2 Å². The fourth-order valence-electron chi connectivity index (χ4n) is 3.60. The molecule has 6 atom stereocenters. The molecule has 166 valence electrons. The van der Waals surface area contributed by atoms with Crippen molar-refractivity contribution in [2.45, 2.75) is 70.5 Å². The molecule has 0 aromatic heterocycles. The van der Waals surface area contributed by atoms with Gasteiger partial charge in [0.2, 0.25) is 5.34 Å². The van der Waals surface area contributed by atoms with Gasteiger partial charge in [-0.25, -0.2) is 0 Å². The Morgan fingerprint density at radius 2 is 1.59 bits per heavy atom. The first-order valence-corrected chi connectivity index (χ1v) is 17.4. The molecule has 0 aromatic carbocycles. The normalized spacial score (nSPS) is 31.0. The molecule has 7 heteroatoms. The van der Waals surface area contributed by atoms with Gasteiger partial charge in [-0.3, -0.25) is 0 Å². The average Bonchev–Trinajstić information content (AvgIpc) is 2.80. The summed E-state index contributed by atoms with van der Waals surface area (Å²) in [6.45, 7) is 13.9. The van der Waals surface area contributed by atoms with Crippen molar-refractivity contribution in [2.24, 2.45) is 0 Å². The Hall–Kier alpha value is 0.455. The van der Waals surface area contributed by atoms with Gasteiger partial charge < -0.3 is 14.9 Å². The third-order valence-electron chi connectivity index (χ3n) is 6.99. The summed E-state index contributed by atoms with van der Waals surface area (Å²) in [5.74, 6) is 0.290. The summed E-state index contributed by atoms with van der Waals surface area (Å²) in [6, 6.07) is 0. The summed E-state index contributed by atoms with van der Waals surface area (Å²) in [4.78, 5) is 0. The fourth-order valence-corrected chi connectivity index (χ4v) is 14.3. The lowest BCUT2D eigenvalue weighted by atomic mass is 9.74. The Kier molecular flexibility index (Phi) is 9.42. The number of hydrogen-bond donors (Lipinski definition) is 2. The predicted octanol–water partition coefficient (Wildman–Crippen LogP) is 4.58. The third-order valence-corrected chi connectivity index (χ3v) is 19.1. The van der Waals surface area contributed by atoms with Crippen LogP contribution in [0.1, 0.15) is 41.5 Å². The van der Waals surface area contributed by atoms with Crippen LogP contribution in [-0.4, -0.2) is 96.8 Å². The topological polar surface area (TPSA) is 49.7 Å². The van der Waals surface area contributed by atoms with Crippen LogP contribution in [-0.2, 0) is 4.74 Å². The van der Waals surface area contributed by atoms with Crippen LogP contribution in [0, 0.1) is 0 Å². The van der Waals surface area contributed by atoms with E-state index in [4.69, 9.17) is 18.9 Å². The van der Waals surface area contributed by atoms with Gasteiger partial charge in [-0.15, -0.1) is 13.2 Å². The molecule has 0 aromatic rings. The molecule has 0 saturated heterocycles. The van der Waals surface area contributed by atoms with Gasteiger partial charge >= 0.3 is 0 Å². The molecule has 3 nitrogen and oxygen atoms in total. The first kappa shape index (κ1) is 27.5. The minimum Gasteiger partial charge on any atom is -0.388 e. The Bertz CT molecular complexity index is 706. The molecule has 0 amide bonds. The SMILES string of the molecule is [B]C1C(=C)C(OC(C)(C)[P+](=C)CP(=C)(CC)CCP(=C)(CC)CC)C(O)C1(C)O. The number of ether oxygens (including phenoxy) is 1. The monoisotopic (exact) mass is 459 g/mol. The first-order chi connectivity index (χ1) is 13.1. The zero-order valence-corrected chi connectivity index (χ0v) is 22.2. The molecule has 6 unspecified atom stereocenters. The second-order valence-corrected chi connectivity index (χ2v) is 20.9. The summed E-state index contributed by atoms with van der Waals surface area (Å²) >= 11 is 0. The molecule has 0 bridgehead atoms. The molecule has 2 radical (unpaired) electrons. The van der Waals surface area contributed by atoms with E-state index in [2.05, 4.69) is 39.9 Å². The van der Waals surface area contributed by atoms with Crippen molar-refractivity contribution in [1.29, 1.82) is 0 Å². The lowest BCUT2D eigenvalue weighted by Crippen LogP contribution is -2.44. The van der Waals surface area contributed by atoms with E-state index >= 15 is 0 Å². The van der Waals surface area contributed by atoms with E-state index < -0.39 is 50.3 Å². The maximum Gasteiger partial charge on any atom is 0.219 e. The van der Waals surface area contributed by atoms with Crippen LogP contribution in [0.25, 0.3) is 0 Å². The fraction of sp³-hybridized carbons (Fsp3) is 0.773. The van der Waals surface area contributed by atoms with Gasteiger partial charge in [-0.05, 0) is 49.1 Å². The number of aliphatic hydroxyl groups excluding tert-OH is 1. The highest BCUT2D eigenvalue weighted by atomic mass is 31.2. The van der Waals surface area contributed by atoms with E-state index in [-0.39, 0.29) is 0 Å². The molecule has 0 aliphatic heterocycles. The number of hydrogen-bond acceptors (Lipinski definition) is 3. The Labute approximate surface area is 182 Å². The lowest BCUT2D eigenvalue weighted by Gasteiger charge is -2.31. The molecule has 0 heterocycles. The van der Waals surface area contributed by atoms with Gasteiger partial charge in [0, 0.05) is 13.8 Å². The van der Waals surface area contributed by atoms with Crippen molar-refractivity contribution in [3.63, 3.8) is 0 Å². The van der Waals surface area contributed by atoms with Gasteiger partial charge in [0.05, 0.1) is 19.7 Å². The van der Waals surface area contributed by atoms with E-state index in [0.29, 0.717) is 5.57 Å². The van der Waals surface area contributed by atoms with Crippen LogP contribution < -0.4 is 0 Å². The molecular weight excluding hydrogens is 416 g/mol. The van der Waals surface area contributed by atoms with Gasteiger partial charge in [0.15, 0.2) is 0 Å². The van der Waals surface area contributed by atoms with Crippen molar-refractivity contribution >= 4 is 48.1 Å². The first-order valence-electron chi connectivity index (χ1n) is 10.6. The van der Waals surface area contributed by atoms with E-state index in [9.17, 15) is 10.2 Å². The quantitative estimate of drug-likeness (QED) is 0.270. The molecule has 1 aliphatic rings. The summed E-state index contributed by atoms with van der Waals surface area (Å²) in [7, 11) is 5.31. The van der Waals surface area contributed by atoms with E-state index in [1.54, 1.807) is 0 Å². The minimum absolute atomic E-state index is 0.533. The lowest BCUT2D eigenvalue weighted by molar-refractivity contribution is -0.111. The Morgan fingerprint density at radius 1 is 1.14 bits per heavy atom. The summed E-state index contributed by atoms with van der Waals surface area (Å²) < 4.78 is 6.33. The number of rotatable bonds is 11. The zero-order chi connectivity index (χ0) is 22.8. The predicted molar refractivity (Wildman–Crippen MR) is 143 cm³/mol. The van der Waals surface area contributed by atoms with Crippen molar-refractivity contribution in [3.05, 3.63) is 12.2 Å². The van der Waals surface area contributed by atoms with E-state index in [0.717, 1.165) is 12.1 Å². The van der Waals surface area contributed by atoms with Crippen LogP contribution in [0.2, 0.25) is 5.82 Å². The second-order valence-electron chi connectivity index (χ2n) is 9.47. The van der Waals surface area contributed by atoms with E-state index in [1.807, 2.05) is 13.8 Å². The van der Waals surface area contributed by atoms with Gasteiger partial charge in [0.1, 0.15) is 25.7 Å². The summed E-state index contributed by atoms with van der Waals surface area (Å²) in [5, 5.41) is 20.5. The third kappa shape index (κ3) is 6.25. The van der Waals surface area contributed by atoms with Crippen LogP contribution >= 0.6 is 21.3 Å².